The smallest absolute Gasteiger partial charge is 0.243 e. The number of anilines is 2. The van der Waals surface area contributed by atoms with Crippen molar-refractivity contribution in [2.45, 2.75) is 44.4 Å². The molecule has 180 valence electrons. The van der Waals surface area contributed by atoms with E-state index in [4.69, 9.17) is 0 Å². The molecule has 33 heavy (non-hydrogen) atoms. The maximum absolute atomic E-state index is 12.6. The summed E-state index contributed by atoms with van der Waals surface area (Å²) in [4.78, 5) is 12.6. The van der Waals surface area contributed by atoms with E-state index >= 15 is 0 Å². The summed E-state index contributed by atoms with van der Waals surface area (Å²) in [6, 6.07) is 11.7. The standard InChI is InChI=1S/C23H31N3O5S2/c1-18-15-19(2)17-21(16-18)26(32(3,28)29)14-6-7-23(27)24-20-8-10-22(11-9-20)33(30,31)25-12-4-5-13-25/h8-11,15-17H,4-7,12-14H2,1-3H3,(H,24,27). The summed E-state index contributed by atoms with van der Waals surface area (Å²) < 4.78 is 52.6. The molecule has 1 fully saturated rings. The van der Waals surface area contributed by atoms with Crippen molar-refractivity contribution >= 4 is 37.3 Å². The van der Waals surface area contributed by atoms with Crippen LogP contribution in [0.2, 0.25) is 0 Å². The summed E-state index contributed by atoms with van der Waals surface area (Å²) in [7, 11) is -6.99. The largest absolute Gasteiger partial charge is 0.326 e. The minimum atomic E-state index is -3.50. The average molecular weight is 494 g/mol. The SMILES string of the molecule is Cc1cc(C)cc(N(CCCC(=O)Nc2ccc(S(=O)(=O)N3CCCC3)cc2)S(C)(=O)=O)c1. The Morgan fingerprint density at radius 1 is 0.970 bits per heavy atom. The van der Waals surface area contributed by atoms with Crippen LogP contribution in [0.4, 0.5) is 11.4 Å². The highest BCUT2D eigenvalue weighted by molar-refractivity contribution is 7.92. The normalized spacial score (nSPS) is 14.9. The lowest BCUT2D eigenvalue weighted by molar-refractivity contribution is -0.116. The van der Waals surface area contributed by atoms with Crippen molar-refractivity contribution in [3.63, 3.8) is 0 Å². The molecule has 2 aromatic rings. The van der Waals surface area contributed by atoms with E-state index in [0.29, 0.717) is 30.9 Å². The van der Waals surface area contributed by atoms with Crippen LogP contribution in [0, 0.1) is 13.8 Å². The third-order valence-corrected chi connectivity index (χ3v) is 8.61. The second-order valence-electron chi connectivity index (χ2n) is 8.47. The Morgan fingerprint density at radius 3 is 2.09 bits per heavy atom. The fourth-order valence-corrected chi connectivity index (χ4v) is 6.44. The summed E-state index contributed by atoms with van der Waals surface area (Å²) in [5.41, 5.74) is 3.01. The molecule has 0 bridgehead atoms. The number of rotatable bonds is 9. The van der Waals surface area contributed by atoms with Gasteiger partial charge in [0.1, 0.15) is 0 Å². The molecule has 1 aliphatic rings. The predicted molar refractivity (Wildman–Crippen MR) is 130 cm³/mol. The molecule has 0 atom stereocenters. The molecular weight excluding hydrogens is 462 g/mol. The van der Waals surface area contributed by atoms with Gasteiger partial charge in [-0.15, -0.1) is 0 Å². The number of sulfonamides is 2. The van der Waals surface area contributed by atoms with Crippen molar-refractivity contribution in [2.75, 3.05) is 35.5 Å². The van der Waals surface area contributed by atoms with Crippen LogP contribution in [-0.2, 0) is 24.8 Å². The number of nitrogens with one attached hydrogen (secondary N) is 1. The van der Waals surface area contributed by atoms with Gasteiger partial charge in [-0.25, -0.2) is 16.8 Å². The minimum Gasteiger partial charge on any atom is -0.326 e. The monoisotopic (exact) mass is 493 g/mol. The molecule has 0 unspecified atom stereocenters. The molecule has 0 radical (unpaired) electrons. The van der Waals surface area contributed by atoms with Gasteiger partial charge in [-0.2, -0.15) is 4.31 Å². The van der Waals surface area contributed by atoms with E-state index in [-0.39, 0.29) is 23.8 Å². The van der Waals surface area contributed by atoms with E-state index < -0.39 is 20.0 Å². The van der Waals surface area contributed by atoms with Crippen LogP contribution < -0.4 is 9.62 Å². The van der Waals surface area contributed by atoms with Crippen molar-refractivity contribution in [1.29, 1.82) is 0 Å². The summed E-state index contributed by atoms with van der Waals surface area (Å²) in [5, 5.41) is 2.75. The highest BCUT2D eigenvalue weighted by atomic mass is 32.2. The maximum atomic E-state index is 12.6. The molecule has 0 spiro atoms. The summed E-state index contributed by atoms with van der Waals surface area (Å²) in [6.45, 7) is 5.07. The first-order valence-electron chi connectivity index (χ1n) is 10.9. The molecule has 0 aromatic heterocycles. The van der Waals surface area contributed by atoms with Gasteiger partial charge in [0.05, 0.1) is 16.8 Å². The van der Waals surface area contributed by atoms with E-state index in [1.807, 2.05) is 32.0 Å². The number of amides is 1. The highest BCUT2D eigenvalue weighted by Gasteiger charge is 2.27. The van der Waals surface area contributed by atoms with Gasteiger partial charge in [-0.3, -0.25) is 9.10 Å². The number of nitrogens with zero attached hydrogens (tertiary/aromatic N) is 2. The van der Waals surface area contributed by atoms with Crippen LogP contribution in [-0.4, -0.2) is 52.9 Å². The third kappa shape index (κ3) is 6.55. The van der Waals surface area contributed by atoms with E-state index in [2.05, 4.69) is 5.32 Å². The Bertz CT molecular complexity index is 1180. The van der Waals surface area contributed by atoms with Gasteiger partial charge in [-0.05, 0) is 80.6 Å². The van der Waals surface area contributed by atoms with E-state index in [1.165, 1.54) is 20.7 Å². The van der Waals surface area contributed by atoms with Gasteiger partial charge in [-0.1, -0.05) is 6.07 Å². The van der Waals surface area contributed by atoms with Gasteiger partial charge < -0.3 is 5.32 Å². The van der Waals surface area contributed by atoms with Gasteiger partial charge in [0.2, 0.25) is 26.0 Å². The van der Waals surface area contributed by atoms with Gasteiger partial charge in [0, 0.05) is 31.7 Å². The Kier molecular flexibility index (Phi) is 7.81. The predicted octanol–water partition coefficient (Wildman–Crippen LogP) is 3.27. The summed E-state index contributed by atoms with van der Waals surface area (Å²) in [6.07, 6.45) is 3.36. The molecular formula is C23H31N3O5S2. The van der Waals surface area contributed by atoms with Crippen LogP contribution in [0.15, 0.2) is 47.4 Å². The number of carbonyl (C=O) groups is 1. The Hall–Kier alpha value is -2.43. The van der Waals surface area contributed by atoms with Crippen LogP contribution in [0.5, 0.6) is 0 Å². The lowest BCUT2D eigenvalue weighted by atomic mass is 10.1. The van der Waals surface area contributed by atoms with Gasteiger partial charge >= 0.3 is 0 Å². The molecule has 8 nitrogen and oxygen atoms in total. The first-order valence-corrected chi connectivity index (χ1v) is 14.2. The molecule has 2 aromatic carbocycles. The van der Waals surface area contributed by atoms with E-state index in [9.17, 15) is 21.6 Å². The molecule has 10 heteroatoms. The van der Waals surface area contributed by atoms with Gasteiger partial charge in [0.15, 0.2) is 0 Å². The molecule has 0 saturated carbocycles. The molecule has 1 saturated heterocycles. The van der Waals surface area contributed by atoms with Crippen LogP contribution in [0.1, 0.15) is 36.8 Å². The van der Waals surface area contributed by atoms with Crippen LogP contribution in [0.3, 0.4) is 0 Å². The second-order valence-corrected chi connectivity index (χ2v) is 12.3. The molecule has 1 N–H and O–H groups in total. The zero-order chi connectivity index (χ0) is 24.2. The molecule has 1 heterocycles. The minimum absolute atomic E-state index is 0.130. The van der Waals surface area contributed by atoms with Crippen molar-refractivity contribution in [1.82, 2.24) is 4.31 Å². The molecule has 1 aliphatic heterocycles. The quantitative estimate of drug-likeness (QED) is 0.577. The molecule has 3 rings (SSSR count). The van der Waals surface area contributed by atoms with Crippen molar-refractivity contribution < 1.29 is 21.6 Å². The zero-order valence-corrected chi connectivity index (χ0v) is 20.9. The van der Waals surface area contributed by atoms with E-state index in [1.54, 1.807) is 12.1 Å². The highest BCUT2D eigenvalue weighted by Crippen LogP contribution is 2.23. The van der Waals surface area contributed by atoms with Crippen molar-refractivity contribution in [2.24, 2.45) is 0 Å². The number of carbonyl (C=O) groups excluding carboxylic acids is 1. The van der Waals surface area contributed by atoms with Crippen molar-refractivity contribution in [3.05, 3.63) is 53.6 Å². The third-order valence-electron chi connectivity index (χ3n) is 5.50. The zero-order valence-electron chi connectivity index (χ0n) is 19.2. The fourth-order valence-electron chi connectivity index (χ4n) is 3.98. The fraction of sp³-hybridized carbons (Fsp3) is 0.435. The lowest BCUT2D eigenvalue weighted by Gasteiger charge is -2.23. The van der Waals surface area contributed by atoms with Gasteiger partial charge in [0.25, 0.3) is 0 Å². The number of hydrogen-bond acceptors (Lipinski definition) is 5. The topological polar surface area (TPSA) is 104 Å². The van der Waals surface area contributed by atoms with Crippen molar-refractivity contribution in [3.8, 4) is 0 Å². The van der Waals surface area contributed by atoms with Crippen LogP contribution >= 0.6 is 0 Å². The Morgan fingerprint density at radius 2 is 1.55 bits per heavy atom. The first-order chi connectivity index (χ1) is 15.5. The summed E-state index contributed by atoms with van der Waals surface area (Å²) >= 11 is 0. The Labute approximate surface area is 196 Å². The first kappa shape index (κ1) is 25.2. The molecule has 0 aliphatic carbocycles. The lowest BCUT2D eigenvalue weighted by Crippen LogP contribution is -2.31. The van der Waals surface area contributed by atoms with Crippen LogP contribution in [0.25, 0.3) is 0 Å². The summed E-state index contributed by atoms with van der Waals surface area (Å²) in [5.74, 6) is -0.265. The van der Waals surface area contributed by atoms with E-state index in [0.717, 1.165) is 30.2 Å². The number of hydrogen-bond donors (Lipinski definition) is 1. The molecule has 1 amide bonds. The number of benzene rings is 2. The number of aryl methyl sites for hydroxylation is 2. The second kappa shape index (κ2) is 10.2. The Balaban J connectivity index is 1.58. The maximum Gasteiger partial charge on any atom is 0.243 e. The average Bonchev–Trinajstić information content (AvgIpc) is 3.26.